The van der Waals surface area contributed by atoms with Crippen LogP contribution >= 0.6 is 0 Å². The summed E-state index contributed by atoms with van der Waals surface area (Å²) in [6, 6.07) is 7.17. The monoisotopic (exact) mass is 266 g/mol. The molecule has 0 bridgehead atoms. The van der Waals surface area contributed by atoms with Crippen molar-refractivity contribution in [2.75, 3.05) is 17.6 Å². The maximum atomic E-state index is 11.7. The molecule has 0 atom stereocenters. The van der Waals surface area contributed by atoms with Gasteiger partial charge >= 0.3 is 0 Å². The molecule has 0 saturated heterocycles. The Morgan fingerprint density at radius 3 is 2.22 bits per heavy atom. The third-order valence-corrected chi connectivity index (χ3v) is 3.96. The molecule has 1 rings (SSSR count). The number of hydrogen-bond donors (Lipinski definition) is 0. The normalized spacial score (nSPS) is 12.0. The number of hydrogen-bond acceptors (Lipinski definition) is 3. The van der Waals surface area contributed by atoms with Gasteiger partial charge in [0.05, 0.1) is 23.6 Å². The molecule has 0 amide bonds. The predicted octanol–water partition coefficient (Wildman–Crippen LogP) is 2.25. The summed E-state index contributed by atoms with van der Waals surface area (Å²) < 4.78 is 24.5. The van der Waals surface area contributed by atoms with E-state index in [0.29, 0.717) is 11.3 Å². The zero-order chi connectivity index (χ0) is 14.1. The van der Waals surface area contributed by atoms with E-state index >= 15 is 0 Å². The van der Waals surface area contributed by atoms with Gasteiger partial charge in [0.15, 0.2) is 0 Å². The van der Waals surface area contributed by atoms with Crippen LogP contribution in [0.25, 0.3) is 0 Å². The van der Waals surface area contributed by atoms with Crippen LogP contribution in [0.5, 0.6) is 0 Å². The van der Waals surface area contributed by atoms with Gasteiger partial charge in [-0.25, -0.2) is 8.42 Å². The van der Waals surface area contributed by atoms with Crippen LogP contribution in [0.2, 0.25) is 0 Å². The van der Waals surface area contributed by atoms with Crippen molar-refractivity contribution in [3.8, 4) is 6.07 Å². The summed E-state index contributed by atoms with van der Waals surface area (Å²) in [6.07, 6.45) is 1.15. The Kier molecular flexibility index (Phi) is 3.72. The van der Waals surface area contributed by atoms with Crippen LogP contribution in [-0.2, 0) is 15.4 Å². The summed E-state index contributed by atoms with van der Waals surface area (Å²) in [7, 11) is -1.84. The van der Waals surface area contributed by atoms with Crippen LogP contribution in [0, 0.1) is 11.3 Å². The largest absolute Gasteiger partial charge is 0.273 e. The Bertz CT molecular complexity index is 592. The average molecular weight is 266 g/mol. The second kappa shape index (κ2) is 4.62. The molecule has 0 N–H and O–H groups in total. The molecule has 0 unspecified atom stereocenters. The van der Waals surface area contributed by atoms with Crippen molar-refractivity contribution >= 4 is 15.7 Å². The Hall–Kier alpha value is -1.54. The van der Waals surface area contributed by atoms with Crippen LogP contribution in [0.1, 0.15) is 31.9 Å². The Balaban J connectivity index is 3.53. The molecule has 0 aliphatic heterocycles. The molecule has 0 heterocycles. The standard InChI is InChI=1S/C13H18N2O2S/c1-13(2,3)11-7-6-10(9-14)8-12(11)15(4)18(5,16)17/h6-8H,1-5H3. The molecule has 1 aromatic rings. The van der Waals surface area contributed by atoms with Gasteiger partial charge in [0.25, 0.3) is 0 Å². The molecule has 98 valence electrons. The highest BCUT2D eigenvalue weighted by atomic mass is 32.2. The first-order valence-electron chi connectivity index (χ1n) is 5.56. The number of anilines is 1. The highest BCUT2D eigenvalue weighted by molar-refractivity contribution is 7.92. The van der Waals surface area contributed by atoms with Gasteiger partial charge in [-0.2, -0.15) is 5.26 Å². The highest BCUT2D eigenvalue weighted by Crippen LogP contribution is 2.33. The smallest absolute Gasteiger partial charge is 0.232 e. The molecule has 0 spiro atoms. The topological polar surface area (TPSA) is 61.2 Å². The maximum Gasteiger partial charge on any atom is 0.232 e. The minimum absolute atomic E-state index is 0.192. The second-order valence-corrected chi connectivity index (χ2v) is 7.34. The minimum Gasteiger partial charge on any atom is -0.273 e. The second-order valence-electron chi connectivity index (χ2n) is 5.32. The van der Waals surface area contributed by atoms with E-state index in [2.05, 4.69) is 0 Å². The van der Waals surface area contributed by atoms with Gasteiger partial charge in [-0.15, -0.1) is 0 Å². The van der Waals surface area contributed by atoms with Crippen LogP contribution < -0.4 is 4.31 Å². The van der Waals surface area contributed by atoms with E-state index in [0.717, 1.165) is 11.8 Å². The predicted molar refractivity (Wildman–Crippen MR) is 73.1 cm³/mol. The summed E-state index contributed by atoms with van der Waals surface area (Å²) in [5, 5.41) is 8.92. The zero-order valence-electron chi connectivity index (χ0n) is 11.4. The average Bonchev–Trinajstić information content (AvgIpc) is 2.24. The van der Waals surface area contributed by atoms with Crippen LogP contribution in [-0.4, -0.2) is 21.7 Å². The van der Waals surface area contributed by atoms with Crippen LogP contribution in [0.3, 0.4) is 0 Å². The highest BCUT2D eigenvalue weighted by Gasteiger charge is 2.23. The Morgan fingerprint density at radius 1 is 1.28 bits per heavy atom. The molecular formula is C13H18N2O2S. The molecule has 0 aliphatic carbocycles. The lowest BCUT2D eigenvalue weighted by molar-refractivity contribution is 0.586. The molecule has 1 aromatic carbocycles. The van der Waals surface area contributed by atoms with E-state index in [1.54, 1.807) is 12.1 Å². The summed E-state index contributed by atoms with van der Waals surface area (Å²) in [5.41, 5.74) is 1.72. The quantitative estimate of drug-likeness (QED) is 0.824. The minimum atomic E-state index is -3.34. The van der Waals surface area contributed by atoms with E-state index in [1.807, 2.05) is 32.9 Å². The third-order valence-electron chi connectivity index (χ3n) is 2.77. The van der Waals surface area contributed by atoms with E-state index in [4.69, 9.17) is 5.26 Å². The van der Waals surface area contributed by atoms with Gasteiger partial charge in [0.2, 0.25) is 10.0 Å². The lowest BCUT2D eigenvalue weighted by Gasteiger charge is -2.27. The van der Waals surface area contributed by atoms with Gasteiger partial charge in [0, 0.05) is 7.05 Å². The van der Waals surface area contributed by atoms with Gasteiger partial charge in [0.1, 0.15) is 0 Å². The molecule has 4 nitrogen and oxygen atoms in total. The Labute approximate surface area is 109 Å². The molecule has 0 saturated carbocycles. The van der Waals surface area contributed by atoms with Gasteiger partial charge in [-0.3, -0.25) is 4.31 Å². The summed E-state index contributed by atoms with van der Waals surface area (Å²) in [5.74, 6) is 0. The first kappa shape index (κ1) is 14.5. The molecule has 18 heavy (non-hydrogen) atoms. The van der Waals surface area contributed by atoms with Crippen LogP contribution in [0.4, 0.5) is 5.69 Å². The van der Waals surface area contributed by atoms with Gasteiger partial charge in [-0.05, 0) is 23.1 Å². The lowest BCUT2D eigenvalue weighted by atomic mass is 9.85. The molecule has 0 aromatic heterocycles. The van der Waals surface area contributed by atoms with E-state index in [9.17, 15) is 8.42 Å². The fraction of sp³-hybridized carbons (Fsp3) is 0.462. The van der Waals surface area contributed by atoms with Crippen molar-refractivity contribution in [1.82, 2.24) is 0 Å². The first-order valence-corrected chi connectivity index (χ1v) is 7.40. The zero-order valence-corrected chi connectivity index (χ0v) is 12.2. The molecule has 0 radical (unpaired) electrons. The van der Waals surface area contributed by atoms with Crippen molar-refractivity contribution in [3.63, 3.8) is 0 Å². The number of nitriles is 1. The number of rotatable bonds is 2. The number of sulfonamides is 1. The van der Waals surface area contributed by atoms with Gasteiger partial charge < -0.3 is 0 Å². The number of benzene rings is 1. The van der Waals surface area contributed by atoms with Crippen molar-refractivity contribution in [2.24, 2.45) is 0 Å². The first-order chi connectivity index (χ1) is 8.07. The van der Waals surface area contributed by atoms with Crippen molar-refractivity contribution < 1.29 is 8.42 Å². The van der Waals surface area contributed by atoms with Crippen molar-refractivity contribution in [3.05, 3.63) is 29.3 Å². The lowest BCUT2D eigenvalue weighted by Crippen LogP contribution is -2.28. The van der Waals surface area contributed by atoms with E-state index in [-0.39, 0.29) is 5.41 Å². The van der Waals surface area contributed by atoms with Crippen molar-refractivity contribution in [2.45, 2.75) is 26.2 Å². The van der Waals surface area contributed by atoms with Crippen molar-refractivity contribution in [1.29, 1.82) is 5.26 Å². The molecule has 0 fully saturated rings. The fourth-order valence-electron chi connectivity index (χ4n) is 1.67. The summed E-state index contributed by atoms with van der Waals surface area (Å²) >= 11 is 0. The molecule has 5 heteroatoms. The summed E-state index contributed by atoms with van der Waals surface area (Å²) in [4.78, 5) is 0. The number of nitrogens with zero attached hydrogens (tertiary/aromatic N) is 2. The van der Waals surface area contributed by atoms with Crippen LogP contribution in [0.15, 0.2) is 18.2 Å². The van der Waals surface area contributed by atoms with E-state index < -0.39 is 10.0 Å². The molecular weight excluding hydrogens is 248 g/mol. The van der Waals surface area contributed by atoms with E-state index in [1.165, 1.54) is 11.4 Å². The SMILES string of the molecule is CN(c1cc(C#N)ccc1C(C)(C)C)S(C)(=O)=O. The Morgan fingerprint density at radius 2 is 1.83 bits per heavy atom. The fourth-order valence-corrected chi connectivity index (χ4v) is 2.18. The molecule has 0 aliphatic rings. The maximum absolute atomic E-state index is 11.7. The third kappa shape index (κ3) is 3.02. The summed E-state index contributed by atoms with van der Waals surface area (Å²) in [6.45, 7) is 6.02. The van der Waals surface area contributed by atoms with Gasteiger partial charge in [-0.1, -0.05) is 26.8 Å².